The van der Waals surface area contributed by atoms with E-state index in [2.05, 4.69) is 18.4 Å². The van der Waals surface area contributed by atoms with Crippen LogP contribution in [0.3, 0.4) is 0 Å². The third-order valence-electron chi connectivity index (χ3n) is 4.38. The molecule has 0 radical (unpaired) electrons. The number of hydrogen-bond acceptors (Lipinski definition) is 3. The van der Waals surface area contributed by atoms with Gasteiger partial charge in [0.15, 0.2) is 0 Å². The van der Waals surface area contributed by atoms with Crippen LogP contribution >= 0.6 is 0 Å². The lowest BCUT2D eigenvalue weighted by Crippen LogP contribution is -2.43. The third kappa shape index (κ3) is 4.98. The second-order valence-corrected chi connectivity index (χ2v) is 5.81. The van der Waals surface area contributed by atoms with Crippen molar-refractivity contribution in [3.8, 4) is 0 Å². The van der Waals surface area contributed by atoms with Gasteiger partial charge in [0.2, 0.25) is 0 Å². The van der Waals surface area contributed by atoms with Crippen LogP contribution < -0.4 is 0 Å². The molecule has 1 saturated carbocycles. The van der Waals surface area contributed by atoms with Crippen LogP contribution in [0.2, 0.25) is 0 Å². The highest BCUT2D eigenvalue weighted by molar-refractivity contribution is 5.72. The average molecular weight is 267 g/mol. The molecule has 0 aromatic rings. The molecule has 0 aromatic carbocycles. The Balaban J connectivity index is 2.58. The van der Waals surface area contributed by atoms with E-state index in [0.29, 0.717) is 6.04 Å². The van der Waals surface area contributed by atoms with Crippen LogP contribution in [0.25, 0.3) is 0 Å². The number of esters is 1. The van der Waals surface area contributed by atoms with E-state index in [1.54, 1.807) is 0 Å². The molecule has 1 unspecified atom stereocenters. The second-order valence-electron chi connectivity index (χ2n) is 5.81. The summed E-state index contributed by atoms with van der Waals surface area (Å²) in [5.74, 6) is 0.569. The molecule has 1 fully saturated rings. The maximum absolute atomic E-state index is 11.6. The lowest BCUT2D eigenvalue weighted by molar-refractivity contribution is -0.145. The zero-order valence-electron chi connectivity index (χ0n) is 12.7. The molecule has 0 aliphatic heterocycles. The van der Waals surface area contributed by atoms with Crippen molar-refractivity contribution in [2.24, 2.45) is 11.8 Å². The first-order chi connectivity index (χ1) is 9.10. The van der Waals surface area contributed by atoms with Gasteiger partial charge < -0.3 is 4.74 Å². The highest BCUT2D eigenvalue weighted by atomic mass is 16.5. The van der Waals surface area contributed by atoms with Gasteiger partial charge in [-0.2, -0.15) is 0 Å². The zero-order chi connectivity index (χ0) is 14.3. The van der Waals surface area contributed by atoms with Gasteiger partial charge in [-0.15, -0.1) is 6.58 Å². The van der Waals surface area contributed by atoms with E-state index in [-0.39, 0.29) is 11.9 Å². The summed E-state index contributed by atoms with van der Waals surface area (Å²) in [6.45, 7) is 9.68. The van der Waals surface area contributed by atoms with Crippen LogP contribution in [-0.2, 0) is 9.53 Å². The molecule has 0 bridgehead atoms. The monoisotopic (exact) mass is 267 g/mol. The van der Waals surface area contributed by atoms with E-state index in [0.717, 1.165) is 19.0 Å². The van der Waals surface area contributed by atoms with Gasteiger partial charge in [0.05, 0.1) is 13.0 Å². The van der Waals surface area contributed by atoms with Gasteiger partial charge in [0, 0.05) is 19.1 Å². The van der Waals surface area contributed by atoms with Crippen molar-refractivity contribution in [2.45, 2.75) is 52.0 Å². The molecule has 1 aliphatic rings. The highest BCUT2D eigenvalue weighted by Crippen LogP contribution is 2.29. The smallest absolute Gasteiger partial charge is 0.309 e. The molecule has 0 spiro atoms. The van der Waals surface area contributed by atoms with Crippen molar-refractivity contribution >= 4 is 5.97 Å². The van der Waals surface area contributed by atoms with Crippen molar-refractivity contribution in [3.63, 3.8) is 0 Å². The largest absolute Gasteiger partial charge is 0.469 e. The van der Waals surface area contributed by atoms with Gasteiger partial charge in [-0.05, 0) is 25.7 Å². The Morgan fingerprint density at radius 2 is 2.00 bits per heavy atom. The van der Waals surface area contributed by atoms with Crippen LogP contribution in [-0.4, -0.2) is 37.1 Å². The number of ether oxygens (including phenoxy) is 1. The molecule has 0 aromatic heterocycles. The summed E-state index contributed by atoms with van der Waals surface area (Å²) in [5, 5.41) is 0. The topological polar surface area (TPSA) is 29.5 Å². The Morgan fingerprint density at radius 3 is 2.53 bits per heavy atom. The number of methoxy groups -OCH3 is 1. The molecule has 0 amide bonds. The first-order valence-electron chi connectivity index (χ1n) is 7.53. The quantitative estimate of drug-likeness (QED) is 0.524. The van der Waals surface area contributed by atoms with Gasteiger partial charge >= 0.3 is 5.97 Å². The van der Waals surface area contributed by atoms with Crippen LogP contribution in [0.1, 0.15) is 46.0 Å². The van der Waals surface area contributed by atoms with Crippen molar-refractivity contribution in [1.29, 1.82) is 0 Å². The fourth-order valence-electron chi connectivity index (χ4n) is 3.12. The number of nitrogens with zero attached hydrogens (tertiary/aromatic N) is 1. The fraction of sp³-hybridized carbons (Fsp3) is 0.812. The summed E-state index contributed by atoms with van der Waals surface area (Å²) in [7, 11) is 1.46. The van der Waals surface area contributed by atoms with Crippen LogP contribution in [0.5, 0.6) is 0 Å². The number of carbonyl (C=O) groups excluding carboxylic acids is 1. The van der Waals surface area contributed by atoms with E-state index in [1.165, 1.54) is 39.2 Å². The van der Waals surface area contributed by atoms with Gasteiger partial charge in [0.25, 0.3) is 0 Å². The summed E-state index contributed by atoms with van der Waals surface area (Å²) in [5.41, 5.74) is 0. The van der Waals surface area contributed by atoms with Crippen molar-refractivity contribution in [3.05, 3.63) is 12.7 Å². The van der Waals surface area contributed by atoms with E-state index >= 15 is 0 Å². The maximum Gasteiger partial charge on any atom is 0.309 e. The van der Waals surface area contributed by atoms with Gasteiger partial charge in [-0.25, -0.2) is 0 Å². The molecule has 110 valence electrons. The molecular formula is C16H29NO2. The predicted octanol–water partition coefficient (Wildman–Crippen LogP) is 3.25. The zero-order valence-corrected chi connectivity index (χ0v) is 12.7. The molecule has 0 heterocycles. The van der Waals surface area contributed by atoms with Crippen molar-refractivity contribution < 1.29 is 9.53 Å². The lowest BCUT2D eigenvalue weighted by Gasteiger charge is -2.37. The normalized spacial score (nSPS) is 20.0. The maximum atomic E-state index is 11.6. The van der Waals surface area contributed by atoms with Crippen LogP contribution in [0.4, 0.5) is 0 Å². The molecule has 19 heavy (non-hydrogen) atoms. The highest BCUT2D eigenvalue weighted by Gasteiger charge is 2.27. The number of rotatable bonds is 7. The molecule has 2 atom stereocenters. The van der Waals surface area contributed by atoms with Gasteiger partial charge in [-0.3, -0.25) is 9.69 Å². The summed E-state index contributed by atoms with van der Waals surface area (Å²) < 4.78 is 4.82. The van der Waals surface area contributed by atoms with Crippen LogP contribution in [0, 0.1) is 11.8 Å². The van der Waals surface area contributed by atoms with E-state index < -0.39 is 0 Å². The molecule has 1 aliphatic carbocycles. The molecule has 1 rings (SSSR count). The lowest BCUT2D eigenvalue weighted by atomic mass is 9.83. The van der Waals surface area contributed by atoms with Gasteiger partial charge in [-0.1, -0.05) is 32.3 Å². The Labute approximate surface area is 118 Å². The van der Waals surface area contributed by atoms with Crippen molar-refractivity contribution in [1.82, 2.24) is 4.90 Å². The average Bonchev–Trinajstić information content (AvgIpc) is 2.45. The molecule has 3 heteroatoms. The Hall–Kier alpha value is -0.830. The summed E-state index contributed by atoms with van der Waals surface area (Å²) >= 11 is 0. The minimum atomic E-state index is -0.120. The van der Waals surface area contributed by atoms with E-state index in [1.807, 2.05) is 13.0 Å². The first kappa shape index (κ1) is 16.2. The molecule has 0 saturated heterocycles. The Morgan fingerprint density at radius 1 is 1.37 bits per heavy atom. The molecule has 0 N–H and O–H groups in total. The fourth-order valence-corrected chi connectivity index (χ4v) is 3.12. The number of carbonyl (C=O) groups is 1. The van der Waals surface area contributed by atoms with Crippen molar-refractivity contribution in [2.75, 3.05) is 20.2 Å². The number of hydrogen-bond donors (Lipinski definition) is 0. The Bertz CT molecular complexity index is 284. The molecule has 3 nitrogen and oxygen atoms in total. The summed E-state index contributed by atoms with van der Waals surface area (Å²) in [6, 6.07) is 0.519. The SMILES string of the molecule is C=CCN(CC(C)C(=O)OC)[C@@H](C)C1CCCCC1. The first-order valence-corrected chi connectivity index (χ1v) is 7.53. The van der Waals surface area contributed by atoms with Crippen LogP contribution in [0.15, 0.2) is 12.7 Å². The Kier molecular flexibility index (Phi) is 7.14. The predicted molar refractivity (Wildman–Crippen MR) is 79.0 cm³/mol. The van der Waals surface area contributed by atoms with E-state index in [4.69, 9.17) is 4.74 Å². The third-order valence-corrected chi connectivity index (χ3v) is 4.38. The van der Waals surface area contributed by atoms with Gasteiger partial charge in [0.1, 0.15) is 0 Å². The summed E-state index contributed by atoms with van der Waals surface area (Å²) in [4.78, 5) is 14.0. The summed E-state index contributed by atoms with van der Waals surface area (Å²) in [6.07, 6.45) is 8.66. The second kappa shape index (κ2) is 8.36. The minimum Gasteiger partial charge on any atom is -0.469 e. The van der Waals surface area contributed by atoms with E-state index in [9.17, 15) is 4.79 Å². The minimum absolute atomic E-state index is 0.0732. The standard InChI is InChI=1S/C16H29NO2/c1-5-11-17(12-13(2)16(18)19-4)14(3)15-9-7-6-8-10-15/h5,13-15H,1,6-12H2,2-4H3/t13?,14-/m0/s1. The molecular weight excluding hydrogens is 238 g/mol.